The van der Waals surface area contributed by atoms with Crippen molar-refractivity contribution < 1.29 is 9.13 Å². The standard InChI is InChI=1S/C18H18FN5O/c1-12-8-13(2)23-16(22-12)10-20-17-15(19)9-21-18(24-17)25-11-14-6-4-3-5-7-14/h3-9H,10-11H2,1-2H3,(H,20,21,24). The summed E-state index contributed by atoms with van der Waals surface area (Å²) in [4.78, 5) is 16.5. The number of halogens is 1. The molecular weight excluding hydrogens is 321 g/mol. The first-order valence-corrected chi connectivity index (χ1v) is 7.84. The van der Waals surface area contributed by atoms with Gasteiger partial charge >= 0.3 is 6.01 Å². The van der Waals surface area contributed by atoms with Crippen molar-refractivity contribution in [2.45, 2.75) is 27.0 Å². The highest BCUT2D eigenvalue weighted by Crippen LogP contribution is 2.15. The molecule has 0 atom stereocenters. The molecule has 25 heavy (non-hydrogen) atoms. The van der Waals surface area contributed by atoms with Crippen molar-refractivity contribution in [2.75, 3.05) is 5.32 Å². The van der Waals surface area contributed by atoms with Gasteiger partial charge in [0, 0.05) is 11.4 Å². The summed E-state index contributed by atoms with van der Waals surface area (Å²) in [5.41, 5.74) is 2.70. The van der Waals surface area contributed by atoms with Gasteiger partial charge in [0.2, 0.25) is 0 Å². The van der Waals surface area contributed by atoms with Crippen molar-refractivity contribution in [3.05, 3.63) is 71.2 Å². The summed E-state index contributed by atoms with van der Waals surface area (Å²) in [6.45, 7) is 4.35. The van der Waals surface area contributed by atoms with E-state index in [1.165, 1.54) is 0 Å². The van der Waals surface area contributed by atoms with Gasteiger partial charge in [-0.05, 0) is 25.5 Å². The minimum atomic E-state index is -0.559. The number of nitrogens with zero attached hydrogens (tertiary/aromatic N) is 4. The quantitative estimate of drug-likeness (QED) is 0.743. The topological polar surface area (TPSA) is 72.8 Å². The van der Waals surface area contributed by atoms with Gasteiger partial charge in [-0.3, -0.25) is 0 Å². The molecule has 0 saturated carbocycles. The number of ether oxygens (including phenoxy) is 1. The van der Waals surface area contributed by atoms with Crippen LogP contribution in [0.1, 0.15) is 22.8 Å². The van der Waals surface area contributed by atoms with Gasteiger partial charge in [0.15, 0.2) is 11.6 Å². The number of hydrogen-bond acceptors (Lipinski definition) is 6. The third kappa shape index (κ3) is 4.69. The lowest BCUT2D eigenvalue weighted by atomic mass is 10.2. The molecule has 0 amide bonds. The number of anilines is 1. The van der Waals surface area contributed by atoms with Gasteiger partial charge in [0.1, 0.15) is 12.4 Å². The van der Waals surface area contributed by atoms with Gasteiger partial charge in [-0.1, -0.05) is 30.3 Å². The summed E-state index contributed by atoms with van der Waals surface area (Å²) in [5, 5.41) is 2.89. The van der Waals surface area contributed by atoms with Crippen LogP contribution in [0.3, 0.4) is 0 Å². The van der Waals surface area contributed by atoms with Crippen LogP contribution >= 0.6 is 0 Å². The summed E-state index contributed by atoms with van der Waals surface area (Å²) in [6, 6.07) is 11.6. The second kappa shape index (κ2) is 7.65. The third-order valence-electron chi connectivity index (χ3n) is 3.38. The van der Waals surface area contributed by atoms with Crippen molar-refractivity contribution in [1.82, 2.24) is 19.9 Å². The first-order valence-electron chi connectivity index (χ1n) is 7.84. The molecule has 6 nitrogen and oxygen atoms in total. The fraction of sp³-hybridized carbons (Fsp3) is 0.222. The normalized spacial score (nSPS) is 10.5. The second-order valence-corrected chi connectivity index (χ2v) is 5.54. The highest BCUT2D eigenvalue weighted by molar-refractivity contribution is 5.36. The van der Waals surface area contributed by atoms with Crippen LogP contribution < -0.4 is 10.1 Å². The van der Waals surface area contributed by atoms with Crippen LogP contribution in [0, 0.1) is 19.7 Å². The second-order valence-electron chi connectivity index (χ2n) is 5.54. The molecule has 0 aliphatic rings. The van der Waals surface area contributed by atoms with Gasteiger partial charge in [-0.15, -0.1) is 0 Å². The van der Waals surface area contributed by atoms with Crippen molar-refractivity contribution >= 4 is 5.82 Å². The lowest BCUT2D eigenvalue weighted by Crippen LogP contribution is -2.10. The molecule has 2 heterocycles. The molecule has 0 unspecified atom stereocenters. The molecule has 3 aromatic rings. The van der Waals surface area contributed by atoms with E-state index in [-0.39, 0.29) is 18.4 Å². The Kier molecular flexibility index (Phi) is 5.13. The summed E-state index contributed by atoms with van der Waals surface area (Å²) in [6.07, 6.45) is 1.08. The SMILES string of the molecule is Cc1cc(C)nc(CNc2nc(OCc3ccccc3)ncc2F)n1. The Hall–Kier alpha value is -3.09. The molecule has 128 valence electrons. The van der Waals surface area contributed by atoms with E-state index in [2.05, 4.69) is 25.3 Å². The van der Waals surface area contributed by atoms with Crippen LogP contribution in [0.15, 0.2) is 42.6 Å². The Morgan fingerprint density at radius 1 is 1.04 bits per heavy atom. The number of hydrogen-bond donors (Lipinski definition) is 1. The van der Waals surface area contributed by atoms with E-state index in [1.807, 2.05) is 50.2 Å². The summed E-state index contributed by atoms with van der Waals surface area (Å²) in [5.74, 6) is 0.0690. The molecule has 0 spiro atoms. The van der Waals surface area contributed by atoms with Crippen LogP contribution in [-0.2, 0) is 13.2 Å². The van der Waals surface area contributed by atoms with Gasteiger partial charge < -0.3 is 10.1 Å². The van der Waals surface area contributed by atoms with Crippen LogP contribution in [-0.4, -0.2) is 19.9 Å². The first-order chi connectivity index (χ1) is 12.1. The Balaban J connectivity index is 1.66. The highest BCUT2D eigenvalue weighted by Gasteiger charge is 2.09. The smallest absolute Gasteiger partial charge is 0.318 e. The number of nitrogens with one attached hydrogen (secondary N) is 1. The van der Waals surface area contributed by atoms with Gasteiger partial charge in [-0.25, -0.2) is 19.3 Å². The zero-order chi connectivity index (χ0) is 17.6. The minimum absolute atomic E-state index is 0.0563. The highest BCUT2D eigenvalue weighted by atomic mass is 19.1. The molecule has 0 aliphatic carbocycles. The van der Waals surface area contributed by atoms with E-state index in [0.717, 1.165) is 23.1 Å². The van der Waals surface area contributed by atoms with E-state index in [1.54, 1.807) is 0 Å². The van der Waals surface area contributed by atoms with Crippen LogP contribution in [0.2, 0.25) is 0 Å². The number of aryl methyl sites for hydroxylation is 2. The van der Waals surface area contributed by atoms with Crippen molar-refractivity contribution in [1.29, 1.82) is 0 Å². The zero-order valence-electron chi connectivity index (χ0n) is 14.0. The molecule has 1 aromatic carbocycles. The van der Waals surface area contributed by atoms with E-state index in [0.29, 0.717) is 12.4 Å². The molecular formula is C18H18FN5O. The van der Waals surface area contributed by atoms with Gasteiger partial charge in [-0.2, -0.15) is 4.98 Å². The minimum Gasteiger partial charge on any atom is -0.459 e. The number of benzene rings is 1. The van der Waals surface area contributed by atoms with E-state index in [4.69, 9.17) is 4.74 Å². The Morgan fingerprint density at radius 2 is 1.76 bits per heavy atom. The average Bonchev–Trinajstić information content (AvgIpc) is 2.60. The summed E-state index contributed by atoms with van der Waals surface area (Å²) >= 11 is 0. The van der Waals surface area contributed by atoms with Gasteiger partial charge in [0.25, 0.3) is 0 Å². The van der Waals surface area contributed by atoms with Gasteiger partial charge in [0.05, 0.1) is 12.7 Å². The Labute approximate surface area is 145 Å². The molecule has 2 aromatic heterocycles. The fourth-order valence-electron chi connectivity index (χ4n) is 2.31. The van der Waals surface area contributed by atoms with Crippen molar-refractivity contribution in [3.8, 4) is 6.01 Å². The molecule has 7 heteroatoms. The molecule has 0 saturated heterocycles. The lowest BCUT2D eigenvalue weighted by Gasteiger charge is -2.09. The third-order valence-corrected chi connectivity index (χ3v) is 3.38. The monoisotopic (exact) mass is 339 g/mol. The molecule has 0 bridgehead atoms. The predicted molar refractivity (Wildman–Crippen MR) is 91.6 cm³/mol. The predicted octanol–water partition coefficient (Wildman–Crippen LogP) is 3.21. The maximum absolute atomic E-state index is 13.9. The van der Waals surface area contributed by atoms with Crippen LogP contribution in [0.5, 0.6) is 6.01 Å². The lowest BCUT2D eigenvalue weighted by molar-refractivity contribution is 0.280. The molecule has 0 fully saturated rings. The van der Waals surface area contributed by atoms with E-state index >= 15 is 0 Å². The number of aromatic nitrogens is 4. The molecule has 1 N–H and O–H groups in total. The maximum Gasteiger partial charge on any atom is 0.318 e. The zero-order valence-corrected chi connectivity index (χ0v) is 14.0. The maximum atomic E-state index is 13.9. The molecule has 0 aliphatic heterocycles. The first kappa shape index (κ1) is 16.8. The number of rotatable bonds is 6. The van der Waals surface area contributed by atoms with E-state index in [9.17, 15) is 4.39 Å². The fourth-order valence-corrected chi connectivity index (χ4v) is 2.31. The largest absolute Gasteiger partial charge is 0.459 e. The molecule has 3 rings (SSSR count). The van der Waals surface area contributed by atoms with Crippen molar-refractivity contribution in [2.24, 2.45) is 0 Å². The summed E-state index contributed by atoms with van der Waals surface area (Å²) < 4.78 is 19.4. The Morgan fingerprint density at radius 3 is 2.48 bits per heavy atom. The Bertz CT molecular complexity index is 837. The van der Waals surface area contributed by atoms with E-state index < -0.39 is 5.82 Å². The summed E-state index contributed by atoms with van der Waals surface area (Å²) in [7, 11) is 0. The molecule has 0 radical (unpaired) electrons. The van der Waals surface area contributed by atoms with Crippen LogP contribution in [0.4, 0.5) is 10.2 Å². The van der Waals surface area contributed by atoms with Crippen LogP contribution in [0.25, 0.3) is 0 Å². The van der Waals surface area contributed by atoms with Crippen molar-refractivity contribution in [3.63, 3.8) is 0 Å². The average molecular weight is 339 g/mol.